The second kappa shape index (κ2) is 16.3. The van der Waals surface area contributed by atoms with Crippen LogP contribution >= 0.6 is 12.6 Å². The molecule has 0 spiro atoms. The molecule has 19 heavy (non-hydrogen) atoms. The highest BCUT2D eigenvalue weighted by Crippen LogP contribution is 2.10. The lowest BCUT2D eigenvalue weighted by Gasteiger charge is -2.10. The van der Waals surface area contributed by atoms with Crippen molar-refractivity contribution in [3.8, 4) is 0 Å². The molecule has 3 nitrogen and oxygen atoms in total. The Bertz CT molecular complexity index is 167. The van der Waals surface area contributed by atoms with E-state index in [1.54, 1.807) is 0 Å². The Morgan fingerprint density at radius 2 is 1.32 bits per heavy atom. The van der Waals surface area contributed by atoms with Crippen molar-refractivity contribution in [2.75, 3.05) is 19.0 Å². The third-order valence-corrected chi connectivity index (χ3v) is 3.54. The molecule has 0 saturated carbocycles. The molecule has 116 valence electrons. The molecule has 2 N–H and O–H groups in total. The summed E-state index contributed by atoms with van der Waals surface area (Å²) in [5.41, 5.74) is 0. The molecule has 0 heterocycles. The third kappa shape index (κ3) is 16.2. The summed E-state index contributed by atoms with van der Waals surface area (Å²) in [4.78, 5) is 0. The topological polar surface area (TPSA) is 49.7 Å². The van der Waals surface area contributed by atoms with E-state index >= 15 is 0 Å². The minimum atomic E-state index is -0.695. The first kappa shape index (κ1) is 19.2. The summed E-state index contributed by atoms with van der Waals surface area (Å²) < 4.78 is 5.25. The summed E-state index contributed by atoms with van der Waals surface area (Å²) in [6, 6.07) is 0. The minimum Gasteiger partial charge on any atom is -0.396 e. The molecule has 0 saturated heterocycles. The van der Waals surface area contributed by atoms with Crippen LogP contribution in [0.2, 0.25) is 0 Å². The molecule has 0 aliphatic rings. The second-order valence-electron chi connectivity index (χ2n) is 5.10. The molecule has 0 aromatic carbocycles. The number of aliphatic hydroxyl groups is 2. The molecule has 0 aromatic heterocycles. The number of aliphatic hydroxyl groups excluding tert-OH is 2. The first-order valence-corrected chi connectivity index (χ1v) is 8.46. The molecule has 0 radical (unpaired) electrons. The third-order valence-electron chi connectivity index (χ3n) is 3.22. The smallest absolute Gasteiger partial charge is 0.154 e. The van der Waals surface area contributed by atoms with Crippen molar-refractivity contribution < 1.29 is 14.9 Å². The van der Waals surface area contributed by atoms with Crippen LogP contribution in [0.25, 0.3) is 0 Å². The predicted molar refractivity (Wildman–Crippen MR) is 83.7 cm³/mol. The van der Waals surface area contributed by atoms with Gasteiger partial charge in [0, 0.05) is 19.6 Å². The highest BCUT2D eigenvalue weighted by atomic mass is 32.1. The molecule has 0 aromatic rings. The molecular formula is C15H32O3S. The van der Waals surface area contributed by atoms with E-state index in [-0.39, 0.29) is 6.61 Å². The molecular weight excluding hydrogens is 260 g/mol. The first-order valence-electron chi connectivity index (χ1n) is 7.82. The Morgan fingerprint density at radius 3 is 1.84 bits per heavy atom. The van der Waals surface area contributed by atoms with Crippen molar-refractivity contribution in [3.05, 3.63) is 0 Å². The fourth-order valence-corrected chi connectivity index (χ4v) is 2.24. The predicted octanol–water partition coefficient (Wildman–Crippen LogP) is 3.53. The van der Waals surface area contributed by atoms with Crippen LogP contribution in [0.4, 0.5) is 0 Å². The average molecular weight is 292 g/mol. The summed E-state index contributed by atoms with van der Waals surface area (Å²) in [6.45, 7) is 0.753. The van der Waals surface area contributed by atoms with E-state index in [0.717, 1.165) is 12.2 Å². The lowest BCUT2D eigenvalue weighted by Crippen LogP contribution is -2.13. The van der Waals surface area contributed by atoms with Gasteiger partial charge in [-0.05, 0) is 25.0 Å². The molecule has 1 unspecified atom stereocenters. The Morgan fingerprint density at radius 1 is 0.789 bits per heavy atom. The van der Waals surface area contributed by atoms with Crippen molar-refractivity contribution >= 4 is 12.6 Å². The van der Waals surface area contributed by atoms with Crippen molar-refractivity contribution in [3.63, 3.8) is 0 Å². The van der Waals surface area contributed by atoms with Crippen LogP contribution in [-0.2, 0) is 4.74 Å². The summed E-state index contributed by atoms with van der Waals surface area (Å²) >= 11 is 4.20. The zero-order valence-electron chi connectivity index (χ0n) is 12.2. The summed E-state index contributed by atoms with van der Waals surface area (Å²) in [6.07, 6.45) is 11.8. The minimum absolute atomic E-state index is 0.119. The molecule has 0 bridgehead atoms. The maximum atomic E-state index is 9.39. The van der Waals surface area contributed by atoms with E-state index in [0.29, 0.717) is 19.4 Å². The number of ether oxygens (including phenoxy) is 1. The molecule has 0 aliphatic carbocycles. The van der Waals surface area contributed by atoms with Crippen molar-refractivity contribution in [2.24, 2.45) is 0 Å². The number of thiol groups is 1. The SMILES string of the molecule is OCCCC(O)OCCCCCCCCCCCS. The van der Waals surface area contributed by atoms with Gasteiger partial charge in [0.1, 0.15) is 0 Å². The maximum absolute atomic E-state index is 9.39. The average Bonchev–Trinajstić information content (AvgIpc) is 2.42. The zero-order chi connectivity index (χ0) is 14.2. The standard InChI is InChI=1S/C15H32O3S/c16-12-10-11-15(17)18-13-8-6-4-2-1-3-5-7-9-14-19/h15-17,19H,1-14H2. The van der Waals surface area contributed by atoms with Crippen molar-refractivity contribution in [2.45, 2.75) is 76.9 Å². The Labute approximate surface area is 124 Å². The first-order chi connectivity index (χ1) is 9.31. The molecule has 0 rings (SSSR count). The maximum Gasteiger partial charge on any atom is 0.154 e. The fraction of sp³-hybridized carbons (Fsp3) is 1.00. The van der Waals surface area contributed by atoms with Gasteiger partial charge in [0.15, 0.2) is 6.29 Å². The van der Waals surface area contributed by atoms with E-state index in [1.165, 1.54) is 51.4 Å². The van der Waals surface area contributed by atoms with E-state index < -0.39 is 6.29 Å². The highest BCUT2D eigenvalue weighted by Gasteiger charge is 2.02. The summed E-state index contributed by atoms with van der Waals surface area (Å²) in [5.74, 6) is 1.02. The van der Waals surface area contributed by atoms with Gasteiger partial charge in [0.25, 0.3) is 0 Å². The molecule has 1 atom stereocenters. The molecule has 0 amide bonds. The molecule has 0 aliphatic heterocycles. The fourth-order valence-electron chi connectivity index (χ4n) is 2.02. The molecule has 4 heteroatoms. The largest absolute Gasteiger partial charge is 0.396 e. The van der Waals surface area contributed by atoms with E-state index in [1.807, 2.05) is 0 Å². The Balaban J connectivity index is 3.02. The van der Waals surface area contributed by atoms with Crippen LogP contribution in [0, 0.1) is 0 Å². The number of hydrogen-bond donors (Lipinski definition) is 3. The van der Waals surface area contributed by atoms with Crippen molar-refractivity contribution in [1.29, 1.82) is 0 Å². The van der Waals surface area contributed by atoms with Gasteiger partial charge in [-0.2, -0.15) is 12.6 Å². The highest BCUT2D eigenvalue weighted by molar-refractivity contribution is 7.80. The van der Waals surface area contributed by atoms with E-state index in [4.69, 9.17) is 9.84 Å². The molecule has 0 fully saturated rings. The van der Waals surface area contributed by atoms with Gasteiger partial charge in [-0.3, -0.25) is 0 Å². The number of unbranched alkanes of at least 4 members (excludes halogenated alkanes) is 8. The van der Waals surface area contributed by atoms with Crippen LogP contribution in [0.5, 0.6) is 0 Å². The monoisotopic (exact) mass is 292 g/mol. The van der Waals surface area contributed by atoms with Gasteiger partial charge in [0.2, 0.25) is 0 Å². The van der Waals surface area contributed by atoms with Gasteiger partial charge in [-0.15, -0.1) is 0 Å². The van der Waals surface area contributed by atoms with Gasteiger partial charge < -0.3 is 14.9 Å². The van der Waals surface area contributed by atoms with Gasteiger partial charge >= 0.3 is 0 Å². The second-order valence-corrected chi connectivity index (χ2v) is 5.54. The van der Waals surface area contributed by atoms with Crippen molar-refractivity contribution in [1.82, 2.24) is 0 Å². The summed E-state index contributed by atoms with van der Waals surface area (Å²) in [7, 11) is 0. The van der Waals surface area contributed by atoms with E-state index in [9.17, 15) is 5.11 Å². The van der Waals surface area contributed by atoms with Gasteiger partial charge in [-0.1, -0.05) is 44.9 Å². The van der Waals surface area contributed by atoms with Gasteiger partial charge in [0.05, 0.1) is 0 Å². The lowest BCUT2D eigenvalue weighted by molar-refractivity contribution is -0.106. The normalized spacial score (nSPS) is 12.8. The van der Waals surface area contributed by atoms with Crippen LogP contribution in [-0.4, -0.2) is 35.5 Å². The van der Waals surface area contributed by atoms with Crippen LogP contribution in [0.3, 0.4) is 0 Å². The lowest BCUT2D eigenvalue weighted by atomic mass is 10.1. The van der Waals surface area contributed by atoms with Crippen LogP contribution < -0.4 is 0 Å². The number of rotatable bonds is 15. The van der Waals surface area contributed by atoms with Gasteiger partial charge in [-0.25, -0.2) is 0 Å². The van der Waals surface area contributed by atoms with Crippen LogP contribution in [0.1, 0.15) is 70.6 Å². The number of hydrogen-bond acceptors (Lipinski definition) is 4. The quantitative estimate of drug-likeness (QED) is 0.246. The summed E-state index contributed by atoms with van der Waals surface area (Å²) in [5, 5.41) is 18.0. The van der Waals surface area contributed by atoms with Crippen LogP contribution in [0.15, 0.2) is 0 Å². The Kier molecular flexibility index (Phi) is 16.5. The zero-order valence-corrected chi connectivity index (χ0v) is 13.1. The Hall–Kier alpha value is 0.230. The van der Waals surface area contributed by atoms with E-state index in [2.05, 4.69) is 12.6 Å².